The van der Waals surface area contributed by atoms with Gasteiger partial charge in [0.2, 0.25) is 0 Å². The van der Waals surface area contributed by atoms with Crippen molar-refractivity contribution in [3.63, 3.8) is 0 Å². The molecule has 19 heavy (non-hydrogen) atoms. The topological polar surface area (TPSA) is 35.2 Å². The Morgan fingerprint density at radius 3 is 2.74 bits per heavy atom. The van der Waals surface area contributed by atoms with Crippen molar-refractivity contribution in [2.24, 2.45) is 5.73 Å². The summed E-state index contributed by atoms with van der Waals surface area (Å²) in [5.41, 5.74) is 7.61. The van der Waals surface area contributed by atoms with Gasteiger partial charge in [-0.25, -0.2) is 4.39 Å². The van der Waals surface area contributed by atoms with E-state index in [1.54, 1.807) is 0 Å². The minimum Gasteiger partial charge on any atom is -0.489 e. The number of hydrogen-bond acceptors (Lipinski definition) is 2. The molecule has 0 aliphatic carbocycles. The number of hydrogen-bond donors (Lipinski definition) is 1. The zero-order chi connectivity index (χ0) is 13.8. The fourth-order valence-corrected chi connectivity index (χ4v) is 2.26. The molecule has 0 bridgehead atoms. The summed E-state index contributed by atoms with van der Waals surface area (Å²) in [6.07, 6.45) is 0. The smallest absolute Gasteiger partial charge is 0.124 e. The van der Waals surface area contributed by atoms with Crippen LogP contribution >= 0.6 is 15.9 Å². The Balaban J connectivity index is 2.07. The van der Waals surface area contributed by atoms with E-state index < -0.39 is 0 Å². The molecule has 2 aromatic rings. The predicted molar refractivity (Wildman–Crippen MR) is 77.5 cm³/mol. The molecule has 0 heterocycles. The van der Waals surface area contributed by atoms with Gasteiger partial charge in [-0.2, -0.15) is 0 Å². The third-order valence-corrected chi connectivity index (χ3v) is 3.17. The fraction of sp³-hybridized carbons (Fsp3) is 0.200. The van der Waals surface area contributed by atoms with Gasteiger partial charge in [-0.1, -0.05) is 28.1 Å². The number of benzene rings is 2. The summed E-state index contributed by atoms with van der Waals surface area (Å²) in [5.74, 6) is 0.451. The summed E-state index contributed by atoms with van der Waals surface area (Å²) in [6.45, 7) is 2.24. The molecule has 0 aliphatic rings. The van der Waals surface area contributed by atoms with Gasteiger partial charge in [0, 0.05) is 10.5 Å². The first kappa shape index (κ1) is 14.0. The van der Waals surface area contributed by atoms with E-state index in [1.165, 1.54) is 12.1 Å². The molecule has 0 aromatic heterocycles. The molecule has 4 heteroatoms. The molecule has 0 fully saturated rings. The van der Waals surface area contributed by atoms with Crippen LogP contribution in [0.2, 0.25) is 0 Å². The minimum absolute atomic E-state index is 0.0353. The van der Waals surface area contributed by atoms with E-state index in [0.717, 1.165) is 16.9 Å². The predicted octanol–water partition coefficient (Wildman–Crippen LogP) is 4.19. The minimum atomic E-state index is -0.280. The number of nitrogens with two attached hydrogens (primary N) is 1. The van der Waals surface area contributed by atoms with Crippen LogP contribution in [-0.4, -0.2) is 0 Å². The second-order valence-corrected chi connectivity index (χ2v) is 5.34. The lowest BCUT2D eigenvalue weighted by molar-refractivity contribution is 0.305. The average Bonchev–Trinajstić information content (AvgIpc) is 2.35. The molecule has 2 aromatic carbocycles. The summed E-state index contributed by atoms with van der Waals surface area (Å²) in [6, 6.07) is 12.3. The van der Waals surface area contributed by atoms with Crippen molar-refractivity contribution in [1.29, 1.82) is 0 Å². The van der Waals surface area contributed by atoms with Crippen LogP contribution in [-0.2, 0) is 6.61 Å². The summed E-state index contributed by atoms with van der Waals surface area (Å²) < 4.78 is 19.6. The molecule has 0 saturated carbocycles. The molecule has 0 radical (unpaired) electrons. The van der Waals surface area contributed by atoms with Crippen LogP contribution in [0.3, 0.4) is 0 Å². The van der Waals surface area contributed by atoms with Crippen molar-refractivity contribution in [2.75, 3.05) is 0 Å². The molecular formula is C15H15BrFNO. The van der Waals surface area contributed by atoms with Crippen LogP contribution in [0.5, 0.6) is 5.75 Å². The van der Waals surface area contributed by atoms with Crippen LogP contribution in [0.15, 0.2) is 46.9 Å². The van der Waals surface area contributed by atoms with Gasteiger partial charge in [-0.15, -0.1) is 0 Å². The van der Waals surface area contributed by atoms with Gasteiger partial charge in [0.1, 0.15) is 18.2 Å². The van der Waals surface area contributed by atoms with Crippen molar-refractivity contribution in [1.82, 2.24) is 0 Å². The molecule has 2 N–H and O–H groups in total. The van der Waals surface area contributed by atoms with Crippen molar-refractivity contribution < 1.29 is 9.13 Å². The summed E-state index contributed by atoms with van der Waals surface area (Å²) in [5, 5.41) is 0. The molecule has 1 atom stereocenters. The van der Waals surface area contributed by atoms with Crippen molar-refractivity contribution >= 4 is 15.9 Å². The van der Waals surface area contributed by atoms with E-state index in [4.69, 9.17) is 10.5 Å². The number of ether oxygens (including phenoxy) is 1. The fourth-order valence-electron chi connectivity index (χ4n) is 1.75. The van der Waals surface area contributed by atoms with Crippen molar-refractivity contribution in [2.45, 2.75) is 19.6 Å². The van der Waals surface area contributed by atoms with Crippen LogP contribution < -0.4 is 10.5 Å². The van der Waals surface area contributed by atoms with Gasteiger partial charge in [0.25, 0.3) is 0 Å². The van der Waals surface area contributed by atoms with Crippen LogP contribution in [0.4, 0.5) is 4.39 Å². The highest BCUT2D eigenvalue weighted by Crippen LogP contribution is 2.20. The standard InChI is InChI=1S/C15H15BrFNO/c1-10(18)12-3-2-4-15(7-12)19-9-11-5-13(16)8-14(17)6-11/h2-8,10H,9,18H2,1H3. The third-order valence-electron chi connectivity index (χ3n) is 2.71. The Morgan fingerprint density at radius 1 is 1.26 bits per heavy atom. The molecule has 100 valence electrons. The van der Waals surface area contributed by atoms with E-state index in [1.807, 2.05) is 37.3 Å². The normalized spacial score (nSPS) is 12.2. The Hall–Kier alpha value is -1.39. The molecule has 0 aliphatic heterocycles. The highest BCUT2D eigenvalue weighted by Gasteiger charge is 2.03. The maximum Gasteiger partial charge on any atom is 0.124 e. The first-order chi connectivity index (χ1) is 9.04. The van der Waals surface area contributed by atoms with Crippen LogP contribution in [0.25, 0.3) is 0 Å². The average molecular weight is 324 g/mol. The summed E-state index contributed by atoms with van der Waals surface area (Å²) in [7, 11) is 0. The van der Waals surface area contributed by atoms with Gasteiger partial charge in [-0.3, -0.25) is 0 Å². The molecule has 0 saturated heterocycles. The van der Waals surface area contributed by atoms with E-state index in [0.29, 0.717) is 11.1 Å². The van der Waals surface area contributed by atoms with E-state index in [2.05, 4.69) is 15.9 Å². The third kappa shape index (κ3) is 4.04. The zero-order valence-electron chi connectivity index (χ0n) is 10.6. The Labute approximate surface area is 120 Å². The Morgan fingerprint density at radius 2 is 2.05 bits per heavy atom. The maximum atomic E-state index is 13.2. The van der Waals surface area contributed by atoms with Crippen LogP contribution in [0.1, 0.15) is 24.1 Å². The molecule has 2 rings (SSSR count). The summed E-state index contributed by atoms with van der Waals surface area (Å²) in [4.78, 5) is 0. The van der Waals surface area contributed by atoms with E-state index in [9.17, 15) is 4.39 Å². The highest BCUT2D eigenvalue weighted by atomic mass is 79.9. The second kappa shape index (κ2) is 6.17. The van der Waals surface area contributed by atoms with Gasteiger partial charge in [-0.05, 0) is 48.4 Å². The maximum absolute atomic E-state index is 13.2. The lowest BCUT2D eigenvalue weighted by atomic mass is 10.1. The molecular weight excluding hydrogens is 309 g/mol. The molecule has 1 unspecified atom stereocenters. The second-order valence-electron chi connectivity index (χ2n) is 4.43. The zero-order valence-corrected chi connectivity index (χ0v) is 12.2. The van der Waals surface area contributed by atoms with Crippen LogP contribution in [0, 0.1) is 5.82 Å². The van der Waals surface area contributed by atoms with Crippen molar-refractivity contribution in [3.05, 3.63) is 63.9 Å². The molecule has 2 nitrogen and oxygen atoms in total. The number of halogens is 2. The van der Waals surface area contributed by atoms with Gasteiger partial charge in [0.15, 0.2) is 0 Å². The van der Waals surface area contributed by atoms with Gasteiger partial charge in [0.05, 0.1) is 0 Å². The Bertz CT molecular complexity index is 552. The molecule has 0 amide bonds. The highest BCUT2D eigenvalue weighted by molar-refractivity contribution is 9.10. The van der Waals surface area contributed by atoms with Crippen molar-refractivity contribution in [3.8, 4) is 5.75 Å². The van der Waals surface area contributed by atoms with E-state index in [-0.39, 0.29) is 11.9 Å². The van der Waals surface area contributed by atoms with E-state index >= 15 is 0 Å². The first-order valence-corrected chi connectivity index (χ1v) is 6.77. The monoisotopic (exact) mass is 323 g/mol. The van der Waals surface area contributed by atoms with Gasteiger partial charge < -0.3 is 10.5 Å². The SMILES string of the molecule is CC(N)c1cccc(OCc2cc(F)cc(Br)c2)c1. The number of rotatable bonds is 4. The Kier molecular flexibility index (Phi) is 4.56. The lowest BCUT2D eigenvalue weighted by Crippen LogP contribution is -2.05. The quantitative estimate of drug-likeness (QED) is 0.915. The first-order valence-electron chi connectivity index (χ1n) is 5.98. The summed E-state index contributed by atoms with van der Waals surface area (Å²) >= 11 is 3.26. The lowest BCUT2D eigenvalue weighted by Gasteiger charge is -2.10. The van der Waals surface area contributed by atoms with Gasteiger partial charge >= 0.3 is 0 Å². The molecule has 0 spiro atoms. The largest absolute Gasteiger partial charge is 0.489 e.